The summed E-state index contributed by atoms with van der Waals surface area (Å²) < 4.78 is 0. The van der Waals surface area contributed by atoms with Crippen molar-refractivity contribution in [1.82, 2.24) is 4.90 Å². The molecular weight excluding hydrogens is 316 g/mol. The van der Waals surface area contributed by atoms with Gasteiger partial charge < -0.3 is 10.6 Å². The maximum Gasteiger partial charge on any atom is 0.255 e. The SMILES string of the molecule is CC(N)C1CCN(C(=O)c2ccccc2Sc2ccccc2)CC1. The first-order valence-electron chi connectivity index (χ1n) is 8.52. The summed E-state index contributed by atoms with van der Waals surface area (Å²) in [7, 11) is 0. The maximum atomic E-state index is 13.0. The van der Waals surface area contributed by atoms with Crippen LogP contribution in [0.3, 0.4) is 0 Å². The number of rotatable bonds is 4. The van der Waals surface area contributed by atoms with Crippen molar-refractivity contribution >= 4 is 17.7 Å². The number of amides is 1. The summed E-state index contributed by atoms with van der Waals surface area (Å²) in [4.78, 5) is 17.1. The Kier molecular flexibility index (Phi) is 5.59. The zero-order valence-electron chi connectivity index (χ0n) is 14.0. The molecule has 1 saturated heterocycles. The van der Waals surface area contributed by atoms with Gasteiger partial charge in [-0.1, -0.05) is 42.1 Å². The number of likely N-dealkylation sites (tertiary alicyclic amines) is 1. The van der Waals surface area contributed by atoms with E-state index in [4.69, 9.17) is 5.73 Å². The molecule has 0 aliphatic carbocycles. The highest BCUT2D eigenvalue weighted by Gasteiger charge is 2.26. The highest BCUT2D eigenvalue weighted by molar-refractivity contribution is 7.99. The lowest BCUT2D eigenvalue weighted by Gasteiger charge is -2.34. The Bertz CT molecular complexity index is 679. The number of nitrogens with two attached hydrogens (primary N) is 1. The fraction of sp³-hybridized carbons (Fsp3) is 0.350. The first-order chi connectivity index (χ1) is 11.6. The van der Waals surface area contributed by atoms with Crippen molar-refractivity contribution in [2.45, 2.75) is 35.6 Å². The average Bonchev–Trinajstić information content (AvgIpc) is 2.62. The number of carbonyl (C=O) groups excluding carboxylic acids is 1. The first kappa shape index (κ1) is 17.1. The average molecular weight is 340 g/mol. The fourth-order valence-corrected chi connectivity index (χ4v) is 4.11. The number of hydrogen-bond donors (Lipinski definition) is 1. The molecule has 1 aliphatic heterocycles. The van der Waals surface area contributed by atoms with Crippen molar-refractivity contribution in [2.75, 3.05) is 13.1 Å². The molecule has 2 aromatic rings. The standard InChI is InChI=1S/C20H24N2OS/c1-15(21)16-11-13-22(14-12-16)20(23)18-9-5-6-10-19(18)24-17-7-3-2-4-8-17/h2-10,15-16H,11-14,21H2,1H3. The van der Waals surface area contributed by atoms with Gasteiger partial charge in [0.2, 0.25) is 0 Å². The number of nitrogens with zero attached hydrogens (tertiary/aromatic N) is 1. The van der Waals surface area contributed by atoms with E-state index < -0.39 is 0 Å². The Balaban J connectivity index is 1.74. The van der Waals surface area contributed by atoms with Crippen molar-refractivity contribution in [3.8, 4) is 0 Å². The molecule has 1 fully saturated rings. The van der Waals surface area contributed by atoms with Crippen molar-refractivity contribution in [2.24, 2.45) is 11.7 Å². The number of carbonyl (C=O) groups is 1. The van der Waals surface area contributed by atoms with Crippen LogP contribution in [0.25, 0.3) is 0 Å². The maximum absolute atomic E-state index is 13.0. The largest absolute Gasteiger partial charge is 0.339 e. The minimum atomic E-state index is 0.136. The third-order valence-corrected chi connectivity index (χ3v) is 5.74. The first-order valence-corrected chi connectivity index (χ1v) is 9.33. The topological polar surface area (TPSA) is 46.3 Å². The van der Waals surface area contributed by atoms with E-state index in [1.807, 2.05) is 47.4 Å². The number of hydrogen-bond acceptors (Lipinski definition) is 3. The molecule has 1 atom stereocenters. The van der Waals surface area contributed by atoms with Gasteiger partial charge in [0.25, 0.3) is 5.91 Å². The lowest BCUT2D eigenvalue weighted by atomic mass is 9.90. The summed E-state index contributed by atoms with van der Waals surface area (Å²) in [6.45, 7) is 3.67. The van der Waals surface area contributed by atoms with Gasteiger partial charge in [-0.05, 0) is 49.9 Å². The molecule has 0 bridgehead atoms. The molecule has 24 heavy (non-hydrogen) atoms. The van der Waals surface area contributed by atoms with Crippen LogP contribution in [0, 0.1) is 5.92 Å². The quantitative estimate of drug-likeness (QED) is 0.914. The smallest absolute Gasteiger partial charge is 0.255 e. The van der Waals surface area contributed by atoms with Gasteiger partial charge in [0.15, 0.2) is 0 Å². The molecule has 4 heteroatoms. The number of benzene rings is 2. The Morgan fingerprint density at radius 3 is 2.38 bits per heavy atom. The summed E-state index contributed by atoms with van der Waals surface area (Å²) in [5.74, 6) is 0.667. The zero-order chi connectivity index (χ0) is 16.9. The van der Waals surface area contributed by atoms with Crippen LogP contribution in [0.4, 0.5) is 0 Å². The lowest BCUT2D eigenvalue weighted by molar-refractivity contribution is 0.0677. The van der Waals surface area contributed by atoms with Crippen molar-refractivity contribution in [1.29, 1.82) is 0 Å². The molecule has 1 heterocycles. The van der Waals surface area contributed by atoms with E-state index in [0.717, 1.165) is 41.3 Å². The van der Waals surface area contributed by atoms with E-state index >= 15 is 0 Å². The van der Waals surface area contributed by atoms with Gasteiger partial charge >= 0.3 is 0 Å². The second-order valence-electron chi connectivity index (χ2n) is 6.40. The van der Waals surface area contributed by atoms with E-state index in [-0.39, 0.29) is 11.9 Å². The molecule has 3 nitrogen and oxygen atoms in total. The van der Waals surface area contributed by atoms with Crippen LogP contribution >= 0.6 is 11.8 Å². The van der Waals surface area contributed by atoms with Crippen LogP contribution in [-0.4, -0.2) is 29.9 Å². The highest BCUT2D eigenvalue weighted by atomic mass is 32.2. The minimum absolute atomic E-state index is 0.136. The lowest BCUT2D eigenvalue weighted by Crippen LogP contribution is -2.42. The Hall–Kier alpha value is -1.78. The van der Waals surface area contributed by atoms with E-state index in [2.05, 4.69) is 19.1 Å². The van der Waals surface area contributed by atoms with Crippen molar-refractivity contribution in [3.63, 3.8) is 0 Å². The molecule has 1 amide bonds. The summed E-state index contributed by atoms with van der Waals surface area (Å²) in [5.41, 5.74) is 6.80. The molecule has 0 spiro atoms. The van der Waals surface area contributed by atoms with Crippen molar-refractivity contribution < 1.29 is 4.79 Å². The highest BCUT2D eigenvalue weighted by Crippen LogP contribution is 2.31. The molecule has 2 N–H and O–H groups in total. The molecule has 2 aromatic carbocycles. The van der Waals surface area contributed by atoms with Gasteiger partial charge in [-0.25, -0.2) is 0 Å². The van der Waals surface area contributed by atoms with E-state index in [0.29, 0.717) is 5.92 Å². The minimum Gasteiger partial charge on any atom is -0.339 e. The van der Waals surface area contributed by atoms with Gasteiger partial charge in [-0.3, -0.25) is 4.79 Å². The molecule has 0 saturated carbocycles. The second-order valence-corrected chi connectivity index (χ2v) is 7.52. The van der Waals surface area contributed by atoms with Crippen LogP contribution in [0.1, 0.15) is 30.1 Å². The molecule has 0 radical (unpaired) electrons. The Labute approximate surface area is 148 Å². The predicted octanol–water partition coefficient (Wildman–Crippen LogP) is 4.04. The van der Waals surface area contributed by atoms with Gasteiger partial charge in [-0.2, -0.15) is 0 Å². The normalized spacial score (nSPS) is 16.8. The van der Waals surface area contributed by atoms with Gasteiger partial charge in [-0.15, -0.1) is 0 Å². The molecule has 0 aromatic heterocycles. The Morgan fingerprint density at radius 2 is 1.71 bits per heavy atom. The summed E-state index contributed by atoms with van der Waals surface area (Å²) in [6, 6.07) is 18.3. The Morgan fingerprint density at radius 1 is 1.08 bits per heavy atom. The van der Waals surface area contributed by atoms with Crippen LogP contribution < -0.4 is 5.73 Å². The van der Waals surface area contributed by atoms with Crippen LogP contribution in [0.2, 0.25) is 0 Å². The van der Waals surface area contributed by atoms with Gasteiger partial charge in [0.1, 0.15) is 0 Å². The van der Waals surface area contributed by atoms with Crippen molar-refractivity contribution in [3.05, 3.63) is 60.2 Å². The van der Waals surface area contributed by atoms with E-state index in [9.17, 15) is 4.79 Å². The monoisotopic (exact) mass is 340 g/mol. The molecule has 1 aliphatic rings. The third-order valence-electron chi connectivity index (χ3n) is 4.66. The molecule has 126 valence electrons. The molecular formula is C20H24N2OS. The fourth-order valence-electron chi connectivity index (χ4n) is 3.15. The summed E-state index contributed by atoms with van der Waals surface area (Å²) >= 11 is 1.64. The van der Waals surface area contributed by atoms with Gasteiger partial charge in [0.05, 0.1) is 5.56 Å². The summed E-state index contributed by atoms with van der Waals surface area (Å²) in [6.07, 6.45) is 1.99. The van der Waals surface area contributed by atoms with Crippen LogP contribution in [-0.2, 0) is 0 Å². The van der Waals surface area contributed by atoms with Crippen LogP contribution in [0.15, 0.2) is 64.4 Å². The molecule has 1 unspecified atom stereocenters. The molecule has 3 rings (SSSR count). The van der Waals surface area contributed by atoms with Gasteiger partial charge in [0, 0.05) is 28.9 Å². The number of piperidine rings is 1. The third kappa shape index (κ3) is 4.00. The van der Waals surface area contributed by atoms with Crippen LogP contribution in [0.5, 0.6) is 0 Å². The van der Waals surface area contributed by atoms with E-state index in [1.54, 1.807) is 11.8 Å². The predicted molar refractivity (Wildman–Crippen MR) is 99.3 cm³/mol. The zero-order valence-corrected chi connectivity index (χ0v) is 14.8. The summed E-state index contributed by atoms with van der Waals surface area (Å²) in [5, 5.41) is 0. The van der Waals surface area contributed by atoms with E-state index in [1.165, 1.54) is 0 Å². The second kappa shape index (κ2) is 7.86.